The molecule has 1 aromatic carbocycles. The average Bonchev–Trinajstić information content (AvgIpc) is 3.77. The summed E-state index contributed by atoms with van der Waals surface area (Å²) < 4.78 is 14.2. The van der Waals surface area contributed by atoms with Crippen molar-refractivity contribution >= 4 is 80.6 Å². The molecule has 1 aliphatic carbocycles. The lowest BCUT2D eigenvalue weighted by Crippen LogP contribution is -2.61. The molecule has 3 atom stereocenters. The number of urea groups is 1. The third-order valence-corrected chi connectivity index (χ3v) is 11.6. The fraction of sp³-hybridized carbons (Fsp3) is 0.525. The summed E-state index contributed by atoms with van der Waals surface area (Å²) >= 11 is 1.48. The van der Waals surface area contributed by atoms with E-state index in [1.165, 1.54) is 16.3 Å². The van der Waals surface area contributed by atoms with E-state index in [1.54, 1.807) is 25.3 Å². The molecule has 2 aliphatic heterocycles. The molecule has 1 saturated heterocycles. The molecule has 4 aromatic rings. The number of aromatic nitrogens is 3. The van der Waals surface area contributed by atoms with Gasteiger partial charge in [0.2, 0.25) is 0 Å². The first-order valence-corrected chi connectivity index (χ1v) is 19.7. The number of esters is 1. The smallest absolute Gasteiger partial charge is 0.324 e. The molecule has 3 aliphatic rings. The zero-order valence-corrected chi connectivity index (χ0v) is 36.9. The number of hydrogen-bond acceptors (Lipinski definition) is 9. The Bertz CT molecular complexity index is 2020. The molecule has 5 heterocycles. The molecule has 6 bridgehead atoms. The molecule has 2 N–H and O–H groups in total. The number of pyridine rings is 1. The molecule has 1 saturated carbocycles. The maximum absolute atomic E-state index is 14.1. The van der Waals surface area contributed by atoms with Crippen molar-refractivity contribution in [1.29, 1.82) is 0 Å². The van der Waals surface area contributed by atoms with Crippen molar-refractivity contribution in [3.8, 4) is 22.5 Å². The van der Waals surface area contributed by atoms with Crippen LogP contribution in [0.15, 0.2) is 41.9 Å². The summed E-state index contributed by atoms with van der Waals surface area (Å²) in [4.78, 5) is 52.6. The van der Waals surface area contributed by atoms with E-state index in [2.05, 4.69) is 60.3 Å². The summed E-state index contributed by atoms with van der Waals surface area (Å²) in [5.74, 6) is -0.184. The predicted molar refractivity (Wildman–Crippen MR) is 236 cm³/mol. The lowest BCUT2D eigenvalue weighted by Gasteiger charge is -2.35. The van der Waals surface area contributed by atoms with Crippen LogP contribution >= 0.6 is 51.8 Å². The van der Waals surface area contributed by atoms with Gasteiger partial charge in [0, 0.05) is 79.2 Å². The highest BCUT2D eigenvalue weighted by molar-refractivity contribution is 7.59. The lowest BCUT2D eigenvalue weighted by molar-refractivity contribution is -0.155. The fourth-order valence-electron chi connectivity index (χ4n) is 7.59. The monoisotopic (exact) mass is 843 g/mol. The van der Waals surface area contributed by atoms with E-state index < -0.39 is 23.5 Å². The Morgan fingerprint density at radius 1 is 1.18 bits per heavy atom. The fourth-order valence-corrected chi connectivity index (χ4v) is 8.44. The van der Waals surface area contributed by atoms with Gasteiger partial charge in [0.05, 0.1) is 34.8 Å². The number of methoxy groups -OCH3 is 1. The van der Waals surface area contributed by atoms with E-state index in [0.29, 0.717) is 38.3 Å². The molecule has 3 aromatic heterocycles. The van der Waals surface area contributed by atoms with Crippen molar-refractivity contribution in [3.05, 3.63) is 58.2 Å². The number of aryl methyl sites for hydroxylation is 1. The number of hydrazine groups is 1. The van der Waals surface area contributed by atoms with E-state index in [9.17, 15) is 14.4 Å². The summed E-state index contributed by atoms with van der Waals surface area (Å²) in [6, 6.07) is 8.69. The van der Waals surface area contributed by atoms with Crippen LogP contribution in [0.25, 0.3) is 33.4 Å². The number of thiazole rings is 1. The van der Waals surface area contributed by atoms with Gasteiger partial charge in [-0.1, -0.05) is 19.9 Å². The summed E-state index contributed by atoms with van der Waals surface area (Å²) in [5.41, 5.74) is 9.65. The van der Waals surface area contributed by atoms with Crippen LogP contribution in [0.3, 0.4) is 0 Å². The minimum atomic E-state index is -0.873. The van der Waals surface area contributed by atoms with Crippen LogP contribution < -0.4 is 10.7 Å². The van der Waals surface area contributed by atoms with Gasteiger partial charge in [0.25, 0.3) is 5.91 Å². The van der Waals surface area contributed by atoms with Gasteiger partial charge in [-0.15, -0.1) is 11.3 Å². The Morgan fingerprint density at radius 3 is 2.66 bits per heavy atom. The Balaban J connectivity index is 0.00000232. The van der Waals surface area contributed by atoms with Crippen LogP contribution in [0.1, 0.15) is 75.7 Å². The van der Waals surface area contributed by atoms with E-state index in [-0.39, 0.29) is 71.6 Å². The van der Waals surface area contributed by atoms with Gasteiger partial charge in [0.15, 0.2) is 0 Å². The maximum atomic E-state index is 14.1. The van der Waals surface area contributed by atoms with Gasteiger partial charge in [0.1, 0.15) is 12.1 Å². The number of benzene rings is 1. The largest absolute Gasteiger partial charge is 0.464 e. The third kappa shape index (κ3) is 9.70. The Hall–Kier alpha value is -3.28. The summed E-state index contributed by atoms with van der Waals surface area (Å²) in [7, 11) is 3.46. The second-order valence-corrected chi connectivity index (χ2v) is 16.5. The SMILES string of the molecule is CCn1c(-c2cccnc2[C@H](C)OC)c2c3cc(ccc31)-c1csc(n1)C[C@H](NC(=O)N(C)CC1CC1)C(=O)N1CCC[C@H](N1)C(=O)OCC(C)(C)C2.S.S.S. The van der Waals surface area contributed by atoms with Crippen LogP contribution in [-0.4, -0.2) is 88.3 Å². The van der Waals surface area contributed by atoms with E-state index >= 15 is 0 Å². The number of amides is 3. The topological polar surface area (TPSA) is 131 Å². The highest BCUT2D eigenvalue weighted by Crippen LogP contribution is 2.42. The summed E-state index contributed by atoms with van der Waals surface area (Å²) in [6.07, 6.45) is 5.82. The van der Waals surface area contributed by atoms with Crippen molar-refractivity contribution in [1.82, 2.24) is 35.2 Å². The van der Waals surface area contributed by atoms with Crippen molar-refractivity contribution in [2.24, 2.45) is 11.3 Å². The van der Waals surface area contributed by atoms with Crippen molar-refractivity contribution < 1.29 is 23.9 Å². The first-order chi connectivity index (χ1) is 25.5. The standard InChI is InChI=1S/C40H51N7O5S.3H2S/c1-7-46-33-15-14-26-18-28(33)29(36(46)27-10-8-16-41-35(27)24(2)51-6)20-40(3,4)23-52-38(49)30-11-9-17-47(44-30)37(48)31(19-34-42-32(26)22-53-34)43-39(50)45(5)21-25-12-13-25;;;/h8,10,14-16,18,22,24-25,30-31,44H,7,9,11-13,17,19-21,23H2,1-6H3,(H,43,50);3*1H2/t24-,30-,31-;;;/m0.../s1. The Morgan fingerprint density at radius 2 is 1.95 bits per heavy atom. The van der Waals surface area contributed by atoms with Crippen LogP contribution in [0.2, 0.25) is 0 Å². The van der Waals surface area contributed by atoms with Gasteiger partial charge in [-0.3, -0.25) is 19.6 Å². The van der Waals surface area contributed by atoms with Crippen LogP contribution in [0.4, 0.5) is 4.79 Å². The molecule has 2 fully saturated rings. The van der Waals surface area contributed by atoms with Gasteiger partial charge in [-0.2, -0.15) is 40.5 Å². The molecule has 3 amide bonds. The van der Waals surface area contributed by atoms with Gasteiger partial charge < -0.3 is 24.3 Å². The number of carbonyl (C=O) groups is 3. The van der Waals surface area contributed by atoms with E-state index in [1.807, 2.05) is 18.4 Å². The van der Waals surface area contributed by atoms with E-state index in [4.69, 9.17) is 19.4 Å². The molecule has 0 radical (unpaired) electrons. The molecule has 0 unspecified atom stereocenters. The van der Waals surface area contributed by atoms with Crippen LogP contribution in [0.5, 0.6) is 0 Å². The number of fused-ring (bicyclic) bond motifs is 6. The highest BCUT2D eigenvalue weighted by Gasteiger charge is 2.36. The molecule has 16 heteroatoms. The number of nitrogens with one attached hydrogen (secondary N) is 2. The average molecular weight is 844 g/mol. The highest BCUT2D eigenvalue weighted by atomic mass is 32.1. The Labute approximate surface area is 354 Å². The molecule has 306 valence electrons. The zero-order valence-electron chi connectivity index (χ0n) is 33.1. The zero-order chi connectivity index (χ0) is 37.4. The predicted octanol–water partition coefficient (Wildman–Crippen LogP) is 6.48. The number of nitrogens with zero attached hydrogens (tertiary/aromatic N) is 5. The molecule has 0 spiro atoms. The molecular formula is C40H57N7O5S4. The van der Waals surface area contributed by atoms with Gasteiger partial charge in [-0.05, 0) is 81.7 Å². The lowest BCUT2D eigenvalue weighted by atomic mass is 9.84. The first-order valence-electron chi connectivity index (χ1n) is 18.8. The number of hydrogen-bond donors (Lipinski definition) is 2. The molecule has 56 heavy (non-hydrogen) atoms. The quantitative estimate of drug-likeness (QED) is 0.203. The van der Waals surface area contributed by atoms with Gasteiger partial charge >= 0.3 is 12.0 Å². The van der Waals surface area contributed by atoms with Crippen LogP contribution in [0, 0.1) is 11.3 Å². The Kier molecular flexibility index (Phi) is 15.4. The normalized spacial score (nSPS) is 20.1. The summed E-state index contributed by atoms with van der Waals surface area (Å²) in [6.45, 7) is 10.4. The minimum absolute atomic E-state index is 0. The van der Waals surface area contributed by atoms with Gasteiger partial charge in [-0.25, -0.2) is 15.2 Å². The molecular weight excluding hydrogens is 787 g/mol. The third-order valence-electron chi connectivity index (χ3n) is 10.7. The van der Waals surface area contributed by atoms with Crippen molar-refractivity contribution in [2.45, 2.75) is 91.0 Å². The number of ether oxygens (including phenoxy) is 2. The number of rotatable bonds is 7. The minimum Gasteiger partial charge on any atom is -0.464 e. The summed E-state index contributed by atoms with van der Waals surface area (Å²) in [5, 5.41) is 8.34. The first kappa shape index (κ1) is 45.4. The van der Waals surface area contributed by atoms with E-state index in [0.717, 1.165) is 69.1 Å². The van der Waals surface area contributed by atoms with Crippen molar-refractivity contribution in [2.75, 3.05) is 33.9 Å². The second kappa shape index (κ2) is 19.0. The number of cyclic esters (lactones) is 1. The van der Waals surface area contributed by atoms with Crippen molar-refractivity contribution in [3.63, 3.8) is 0 Å². The maximum Gasteiger partial charge on any atom is 0.324 e. The second-order valence-electron chi connectivity index (χ2n) is 15.5. The number of carbonyl (C=O) groups excluding carboxylic acids is 3. The molecule has 12 nitrogen and oxygen atoms in total. The molecule has 7 rings (SSSR count). The van der Waals surface area contributed by atoms with Crippen LogP contribution in [-0.2, 0) is 38.4 Å².